The Hall–Kier alpha value is -2.51. The maximum absolute atomic E-state index is 13.6. The minimum absolute atomic E-state index is 0.0347. The van der Waals surface area contributed by atoms with Crippen LogP contribution in [0.4, 0.5) is 4.79 Å². The SMILES string of the molecule is CC(=O)N1CCC(C[N+]2=C3SC(S(=O)(=O)NC4(C)CC4)=CC3C(=O)N(Cc3cnn(C)c3)C2=O)CC1. The van der Waals surface area contributed by atoms with Gasteiger partial charge in [-0.05, 0) is 50.4 Å². The minimum Gasteiger partial charge on any atom is -0.343 e. The molecule has 1 atom stereocenters. The van der Waals surface area contributed by atoms with Crippen LogP contribution in [0.5, 0.6) is 0 Å². The molecule has 13 heteroatoms. The summed E-state index contributed by atoms with van der Waals surface area (Å²) < 4.78 is 32.2. The number of hydrogen-bond acceptors (Lipinski definition) is 7. The van der Waals surface area contributed by atoms with Crippen molar-refractivity contribution in [2.75, 3.05) is 19.6 Å². The van der Waals surface area contributed by atoms with Crippen LogP contribution < -0.4 is 4.72 Å². The molecule has 11 nitrogen and oxygen atoms in total. The molecule has 1 N–H and O–H groups in total. The molecule has 3 aliphatic heterocycles. The van der Waals surface area contributed by atoms with Crippen molar-refractivity contribution in [1.29, 1.82) is 0 Å². The van der Waals surface area contributed by atoms with Gasteiger partial charge in [-0.25, -0.2) is 17.9 Å². The Morgan fingerprint density at radius 3 is 2.56 bits per heavy atom. The molecule has 4 heterocycles. The second-order valence-corrected chi connectivity index (χ2v) is 13.3. The summed E-state index contributed by atoms with van der Waals surface area (Å²) in [5.74, 6) is -1.10. The first-order valence-corrected chi connectivity index (χ1v) is 14.4. The first-order chi connectivity index (χ1) is 17.0. The molecule has 2 fully saturated rings. The number of piperidine rings is 1. The Kier molecular flexibility index (Phi) is 6.36. The van der Waals surface area contributed by atoms with Crippen molar-refractivity contribution in [3.05, 3.63) is 28.3 Å². The van der Waals surface area contributed by atoms with Crippen molar-refractivity contribution >= 4 is 44.7 Å². The van der Waals surface area contributed by atoms with Crippen LogP contribution >= 0.6 is 11.8 Å². The van der Waals surface area contributed by atoms with Gasteiger partial charge in [-0.1, -0.05) is 0 Å². The summed E-state index contributed by atoms with van der Waals surface area (Å²) in [6.07, 6.45) is 7.84. The lowest BCUT2D eigenvalue weighted by Gasteiger charge is -2.32. The molecule has 1 saturated carbocycles. The number of sulfonamides is 1. The number of nitrogens with one attached hydrogen (secondary N) is 1. The number of aromatic nitrogens is 2. The van der Waals surface area contributed by atoms with E-state index in [9.17, 15) is 22.8 Å². The molecule has 1 unspecified atom stereocenters. The zero-order chi connectivity index (χ0) is 25.8. The number of nitrogens with zero attached hydrogens (tertiary/aromatic N) is 5. The molecule has 4 amide bonds. The predicted octanol–water partition coefficient (Wildman–Crippen LogP) is 1.23. The summed E-state index contributed by atoms with van der Waals surface area (Å²) in [5.41, 5.74) is 0.262. The third-order valence-corrected chi connectivity index (χ3v) is 10.6. The second kappa shape index (κ2) is 9.10. The standard InChI is InChI=1S/C23H31N6O5S2/c1-15(30)27-8-4-16(5-9-27)13-29-21-18(10-19(35-21)36(33,34)25-23(2)6-7-23)20(31)28(22(29)32)14-17-11-24-26(3)12-17/h10-12,16,18,25H,4-9,13-14H2,1-3H3/q+1. The molecule has 194 valence electrons. The van der Waals surface area contributed by atoms with Crippen molar-refractivity contribution in [1.82, 2.24) is 24.3 Å². The smallest absolute Gasteiger partial charge is 0.343 e. The Labute approximate surface area is 214 Å². The van der Waals surface area contributed by atoms with E-state index in [2.05, 4.69) is 9.82 Å². The van der Waals surface area contributed by atoms with E-state index >= 15 is 0 Å². The molecule has 36 heavy (non-hydrogen) atoms. The van der Waals surface area contributed by atoms with Crippen LogP contribution in [0, 0.1) is 11.8 Å². The van der Waals surface area contributed by atoms with Crippen LogP contribution in [-0.4, -0.2) is 80.6 Å². The summed E-state index contributed by atoms with van der Waals surface area (Å²) in [6, 6.07) is -0.453. The van der Waals surface area contributed by atoms with Gasteiger partial charge in [0.05, 0.1) is 12.7 Å². The average molecular weight is 536 g/mol. The van der Waals surface area contributed by atoms with Crippen LogP contribution in [0.3, 0.4) is 0 Å². The fourth-order valence-corrected chi connectivity index (χ4v) is 7.91. The molecule has 4 aliphatic rings. The third kappa shape index (κ3) is 4.88. The lowest BCUT2D eigenvalue weighted by Crippen LogP contribution is -2.53. The van der Waals surface area contributed by atoms with E-state index in [0.29, 0.717) is 30.2 Å². The average Bonchev–Trinajstić information content (AvgIpc) is 3.20. The van der Waals surface area contributed by atoms with Crippen molar-refractivity contribution in [3.8, 4) is 0 Å². The predicted molar refractivity (Wildman–Crippen MR) is 133 cm³/mol. The highest BCUT2D eigenvalue weighted by Crippen LogP contribution is 2.42. The second-order valence-electron chi connectivity index (χ2n) is 10.4. The van der Waals surface area contributed by atoms with Gasteiger partial charge in [-0.2, -0.15) is 19.4 Å². The van der Waals surface area contributed by atoms with Crippen molar-refractivity contribution in [2.24, 2.45) is 18.9 Å². The first-order valence-electron chi connectivity index (χ1n) is 12.1. The van der Waals surface area contributed by atoms with Gasteiger partial charge in [-0.3, -0.25) is 9.48 Å². The van der Waals surface area contributed by atoms with E-state index in [0.717, 1.165) is 37.4 Å². The Balaban J connectivity index is 1.44. The molecule has 1 aromatic heterocycles. The number of thioether (sulfide) groups is 1. The maximum Gasteiger partial charge on any atom is 0.501 e. The normalized spacial score (nSPS) is 24.3. The van der Waals surface area contributed by atoms with Crippen LogP contribution in [0.1, 0.15) is 45.1 Å². The van der Waals surface area contributed by atoms with Gasteiger partial charge in [0, 0.05) is 50.3 Å². The van der Waals surface area contributed by atoms with Gasteiger partial charge in [0.1, 0.15) is 16.7 Å². The third-order valence-electron chi connectivity index (χ3n) is 7.28. The van der Waals surface area contributed by atoms with Gasteiger partial charge in [0.2, 0.25) is 15.9 Å². The van der Waals surface area contributed by atoms with E-state index in [-0.39, 0.29) is 22.6 Å². The number of hydrogen-bond donors (Lipinski definition) is 1. The molecule has 1 aliphatic carbocycles. The number of carbonyl (C=O) groups excluding carboxylic acids is 3. The molecule has 1 aromatic rings. The summed E-state index contributed by atoms with van der Waals surface area (Å²) in [5, 5.41) is 4.58. The molecular weight excluding hydrogens is 504 g/mol. The molecule has 0 radical (unpaired) electrons. The topological polar surface area (TPSA) is 125 Å². The van der Waals surface area contributed by atoms with E-state index in [1.807, 2.05) is 6.92 Å². The molecule has 0 bridgehead atoms. The van der Waals surface area contributed by atoms with Crippen molar-refractivity contribution in [3.63, 3.8) is 0 Å². The molecular formula is C23H31N6O5S2+. The van der Waals surface area contributed by atoms with Crippen LogP contribution in [0.15, 0.2) is 22.7 Å². The minimum atomic E-state index is -3.81. The highest BCUT2D eigenvalue weighted by atomic mass is 32.3. The van der Waals surface area contributed by atoms with E-state index in [1.54, 1.807) is 40.5 Å². The van der Waals surface area contributed by atoms with Gasteiger partial charge in [0.15, 0.2) is 5.04 Å². The van der Waals surface area contributed by atoms with Crippen molar-refractivity contribution in [2.45, 2.75) is 51.6 Å². The zero-order valence-electron chi connectivity index (χ0n) is 20.6. The zero-order valence-corrected chi connectivity index (χ0v) is 22.3. The summed E-state index contributed by atoms with van der Waals surface area (Å²) in [7, 11) is -2.05. The van der Waals surface area contributed by atoms with Gasteiger partial charge < -0.3 is 4.90 Å². The maximum atomic E-state index is 13.6. The lowest BCUT2D eigenvalue weighted by atomic mass is 9.96. The molecule has 0 spiro atoms. The van der Waals surface area contributed by atoms with Crippen LogP contribution in [0.25, 0.3) is 0 Å². The number of likely N-dealkylation sites (tertiary alicyclic amines) is 1. The quantitative estimate of drug-likeness (QED) is 0.521. The molecule has 0 aromatic carbocycles. The Bertz CT molecular complexity index is 1290. The number of fused-ring (bicyclic) bond motifs is 1. The van der Waals surface area contributed by atoms with Gasteiger partial charge >= 0.3 is 11.9 Å². The van der Waals surface area contributed by atoms with E-state index < -0.39 is 33.4 Å². The highest BCUT2D eigenvalue weighted by Gasteiger charge is 2.53. The van der Waals surface area contributed by atoms with Crippen LogP contribution in [-0.2, 0) is 33.2 Å². The summed E-state index contributed by atoms with van der Waals surface area (Å²) in [6.45, 7) is 5.07. The Morgan fingerprint density at radius 2 is 1.97 bits per heavy atom. The number of amides is 4. The fraction of sp³-hybridized carbons (Fsp3) is 0.609. The van der Waals surface area contributed by atoms with E-state index in [1.165, 1.54) is 11.0 Å². The summed E-state index contributed by atoms with van der Waals surface area (Å²) >= 11 is 0.996. The number of imide groups is 1. The van der Waals surface area contributed by atoms with Gasteiger partial charge in [0.25, 0.3) is 0 Å². The highest BCUT2D eigenvalue weighted by molar-refractivity contribution is 8.27. The lowest BCUT2D eigenvalue weighted by molar-refractivity contribution is -0.447. The van der Waals surface area contributed by atoms with Crippen LogP contribution in [0.2, 0.25) is 0 Å². The van der Waals surface area contributed by atoms with Gasteiger partial charge in [-0.15, -0.1) is 0 Å². The molecule has 1 saturated heterocycles. The van der Waals surface area contributed by atoms with Crippen molar-refractivity contribution < 1.29 is 27.4 Å². The van der Waals surface area contributed by atoms with E-state index in [4.69, 9.17) is 0 Å². The molecule has 5 rings (SSSR count). The monoisotopic (exact) mass is 535 g/mol. The number of urea groups is 1. The number of aryl methyl sites for hydroxylation is 1. The first kappa shape index (κ1) is 25.2. The largest absolute Gasteiger partial charge is 0.501 e. The number of carbonyl (C=O) groups is 3. The summed E-state index contributed by atoms with van der Waals surface area (Å²) in [4.78, 5) is 41.8. The number of rotatable bonds is 7. The fourth-order valence-electron chi connectivity index (χ4n) is 4.86. The Morgan fingerprint density at radius 1 is 1.28 bits per heavy atom.